The third-order valence-electron chi connectivity index (χ3n) is 2.77. The molecule has 0 unspecified atom stereocenters. The first-order valence-corrected chi connectivity index (χ1v) is 7.73. The van der Waals surface area contributed by atoms with Crippen molar-refractivity contribution in [2.45, 2.75) is 33.2 Å². The summed E-state index contributed by atoms with van der Waals surface area (Å²) in [6.45, 7) is 7.78. The number of benzene rings is 1. The first kappa shape index (κ1) is 16.4. The van der Waals surface area contributed by atoms with Crippen LogP contribution < -0.4 is 10.6 Å². The van der Waals surface area contributed by atoms with Gasteiger partial charge in [-0.2, -0.15) is 0 Å². The summed E-state index contributed by atoms with van der Waals surface area (Å²) in [5, 5.41) is 14.0. The molecule has 1 aromatic carbocycles. The van der Waals surface area contributed by atoms with Crippen LogP contribution in [0.3, 0.4) is 0 Å². The molecule has 1 heterocycles. The largest absolute Gasteiger partial charge is 0.346 e. The highest BCUT2D eigenvalue weighted by atomic mass is 79.9. The summed E-state index contributed by atoms with van der Waals surface area (Å²) in [7, 11) is 0. The second-order valence-electron chi connectivity index (χ2n) is 6.12. The number of carbonyl (C=O) groups is 1. The Bertz CT molecular complexity index is 678. The molecule has 2 rings (SSSR count). The van der Waals surface area contributed by atoms with Gasteiger partial charge in [0.1, 0.15) is 0 Å². The summed E-state index contributed by atoms with van der Waals surface area (Å²) in [6, 6.07) is 9.36. The first-order valence-electron chi connectivity index (χ1n) is 6.94. The molecule has 1 amide bonds. The number of aryl methyl sites for hydroxylation is 1. The third-order valence-corrected chi connectivity index (χ3v) is 3.43. The van der Waals surface area contributed by atoms with Gasteiger partial charge in [-0.1, -0.05) is 6.07 Å². The molecule has 0 aliphatic heterocycles. The fourth-order valence-corrected chi connectivity index (χ4v) is 2.38. The van der Waals surface area contributed by atoms with Crippen LogP contribution in [0.5, 0.6) is 0 Å². The predicted octanol–water partition coefficient (Wildman–Crippen LogP) is 3.82. The Labute approximate surface area is 138 Å². The molecule has 0 fully saturated rings. The molecule has 5 nitrogen and oxygen atoms in total. The van der Waals surface area contributed by atoms with Crippen molar-refractivity contribution in [1.82, 2.24) is 15.5 Å². The van der Waals surface area contributed by atoms with E-state index in [-0.39, 0.29) is 11.4 Å². The summed E-state index contributed by atoms with van der Waals surface area (Å²) in [4.78, 5) is 12.0. The molecule has 22 heavy (non-hydrogen) atoms. The molecular weight excluding hydrogens is 344 g/mol. The van der Waals surface area contributed by atoms with E-state index < -0.39 is 0 Å². The number of halogens is 1. The fraction of sp³-hybridized carbons (Fsp3) is 0.312. The maximum atomic E-state index is 12.0. The van der Waals surface area contributed by atoms with Crippen molar-refractivity contribution in [1.29, 1.82) is 0 Å². The van der Waals surface area contributed by atoms with E-state index in [2.05, 4.69) is 36.8 Å². The number of hydrogen-bond acceptors (Lipinski definition) is 4. The van der Waals surface area contributed by atoms with Crippen molar-refractivity contribution in [3.63, 3.8) is 0 Å². The number of rotatable bonds is 3. The summed E-state index contributed by atoms with van der Waals surface area (Å²) < 4.78 is 0.948. The van der Waals surface area contributed by atoms with Gasteiger partial charge in [-0.3, -0.25) is 4.79 Å². The molecule has 116 valence electrons. The van der Waals surface area contributed by atoms with Gasteiger partial charge in [0.2, 0.25) is 0 Å². The molecular formula is C16H19BrN4O. The minimum absolute atomic E-state index is 0.233. The highest BCUT2D eigenvalue weighted by Gasteiger charge is 2.16. The van der Waals surface area contributed by atoms with Crippen molar-refractivity contribution in [3.05, 3.63) is 46.1 Å². The molecule has 0 saturated carbocycles. The van der Waals surface area contributed by atoms with Crippen LogP contribution in [-0.4, -0.2) is 21.6 Å². The monoisotopic (exact) mass is 362 g/mol. The zero-order chi connectivity index (χ0) is 16.3. The maximum absolute atomic E-state index is 12.0. The van der Waals surface area contributed by atoms with Crippen LogP contribution in [0.2, 0.25) is 0 Å². The van der Waals surface area contributed by atoms with Crippen LogP contribution in [0.15, 0.2) is 34.8 Å². The zero-order valence-electron chi connectivity index (χ0n) is 13.1. The van der Waals surface area contributed by atoms with Crippen molar-refractivity contribution in [2.24, 2.45) is 0 Å². The van der Waals surface area contributed by atoms with Crippen LogP contribution in [-0.2, 0) is 0 Å². The molecule has 2 aromatic rings. The lowest BCUT2D eigenvalue weighted by atomic mass is 10.1. The van der Waals surface area contributed by atoms with E-state index in [0.29, 0.717) is 11.5 Å². The molecule has 0 aliphatic rings. The molecule has 2 N–H and O–H groups in total. The van der Waals surface area contributed by atoms with Gasteiger partial charge >= 0.3 is 0 Å². The van der Waals surface area contributed by atoms with Crippen LogP contribution in [0.1, 0.15) is 36.8 Å². The molecule has 0 atom stereocenters. The number of amides is 1. The zero-order valence-corrected chi connectivity index (χ0v) is 14.7. The minimum Gasteiger partial charge on any atom is -0.346 e. The van der Waals surface area contributed by atoms with Crippen LogP contribution in [0.4, 0.5) is 11.5 Å². The Morgan fingerprint density at radius 1 is 1.14 bits per heavy atom. The van der Waals surface area contributed by atoms with Gasteiger partial charge in [0.25, 0.3) is 5.91 Å². The normalized spacial score (nSPS) is 11.1. The molecule has 0 bridgehead atoms. The number of anilines is 2. The molecule has 0 radical (unpaired) electrons. The highest BCUT2D eigenvalue weighted by molar-refractivity contribution is 9.10. The van der Waals surface area contributed by atoms with E-state index >= 15 is 0 Å². The van der Waals surface area contributed by atoms with E-state index in [1.165, 1.54) is 0 Å². The minimum atomic E-state index is -0.303. The van der Waals surface area contributed by atoms with Gasteiger partial charge in [-0.15, -0.1) is 10.2 Å². The van der Waals surface area contributed by atoms with Crippen LogP contribution in [0.25, 0.3) is 0 Å². The second-order valence-corrected chi connectivity index (χ2v) is 6.97. The van der Waals surface area contributed by atoms with E-state index in [0.717, 1.165) is 15.7 Å². The summed E-state index contributed by atoms with van der Waals surface area (Å²) >= 11 is 3.50. The van der Waals surface area contributed by atoms with Gasteiger partial charge in [0.15, 0.2) is 11.5 Å². The van der Waals surface area contributed by atoms with E-state index in [4.69, 9.17) is 0 Å². The van der Waals surface area contributed by atoms with E-state index in [1.54, 1.807) is 12.1 Å². The topological polar surface area (TPSA) is 66.9 Å². The van der Waals surface area contributed by atoms with Crippen molar-refractivity contribution < 1.29 is 4.79 Å². The summed E-state index contributed by atoms with van der Waals surface area (Å²) in [6.07, 6.45) is 0. The average Bonchev–Trinajstić information content (AvgIpc) is 2.41. The Balaban J connectivity index is 2.10. The second kappa shape index (κ2) is 6.44. The van der Waals surface area contributed by atoms with E-state index in [9.17, 15) is 4.79 Å². The maximum Gasteiger partial charge on any atom is 0.272 e. The van der Waals surface area contributed by atoms with Gasteiger partial charge in [0.05, 0.1) is 5.69 Å². The highest BCUT2D eigenvalue weighted by Crippen LogP contribution is 2.25. The number of nitrogens with zero attached hydrogens (tertiary/aromatic N) is 2. The summed E-state index contributed by atoms with van der Waals surface area (Å²) in [5.74, 6) is 0.347. The number of nitrogens with one attached hydrogen (secondary N) is 2. The molecule has 6 heteroatoms. The lowest BCUT2D eigenvalue weighted by Crippen LogP contribution is -2.41. The number of aromatic nitrogens is 2. The van der Waals surface area contributed by atoms with Crippen LogP contribution in [0, 0.1) is 6.92 Å². The SMILES string of the molecule is Cc1ccc(Nc2ccc(C(=O)NC(C)(C)C)nn2)c(Br)c1. The Morgan fingerprint density at radius 2 is 1.86 bits per heavy atom. The Morgan fingerprint density at radius 3 is 2.41 bits per heavy atom. The number of carbonyl (C=O) groups excluding carboxylic acids is 1. The standard InChI is InChI=1S/C16H19BrN4O/c1-10-5-6-12(11(17)9-10)18-14-8-7-13(20-21-14)15(22)19-16(2,3)4/h5-9H,1-4H3,(H,18,21)(H,19,22). The molecule has 0 aliphatic carbocycles. The molecule has 0 spiro atoms. The Hall–Kier alpha value is -1.95. The third kappa shape index (κ3) is 4.53. The Kier molecular flexibility index (Phi) is 4.81. The van der Waals surface area contributed by atoms with Gasteiger partial charge in [0, 0.05) is 10.0 Å². The van der Waals surface area contributed by atoms with Gasteiger partial charge in [-0.05, 0) is 73.5 Å². The lowest BCUT2D eigenvalue weighted by Gasteiger charge is -2.19. The summed E-state index contributed by atoms with van der Waals surface area (Å²) in [5.41, 5.74) is 2.05. The van der Waals surface area contributed by atoms with Crippen molar-refractivity contribution in [2.75, 3.05) is 5.32 Å². The predicted molar refractivity (Wildman–Crippen MR) is 91.4 cm³/mol. The van der Waals surface area contributed by atoms with Crippen molar-refractivity contribution in [3.8, 4) is 0 Å². The van der Waals surface area contributed by atoms with Gasteiger partial charge in [-0.25, -0.2) is 0 Å². The smallest absolute Gasteiger partial charge is 0.272 e. The number of hydrogen-bond donors (Lipinski definition) is 2. The lowest BCUT2D eigenvalue weighted by molar-refractivity contribution is 0.0913. The first-order chi connectivity index (χ1) is 10.2. The van der Waals surface area contributed by atoms with Crippen LogP contribution >= 0.6 is 15.9 Å². The molecule has 0 saturated heterocycles. The molecule has 1 aromatic heterocycles. The van der Waals surface area contributed by atoms with Crippen molar-refractivity contribution >= 4 is 33.3 Å². The van der Waals surface area contributed by atoms with E-state index in [1.807, 2.05) is 45.9 Å². The average molecular weight is 363 g/mol. The van der Waals surface area contributed by atoms with Gasteiger partial charge < -0.3 is 10.6 Å². The quantitative estimate of drug-likeness (QED) is 0.870. The fourth-order valence-electron chi connectivity index (χ4n) is 1.78.